The second-order valence-corrected chi connectivity index (χ2v) is 6.78. The second kappa shape index (κ2) is 6.19. The maximum absolute atomic E-state index is 11.7. The van der Waals surface area contributed by atoms with Gasteiger partial charge in [0.05, 0.1) is 10.4 Å². The zero-order valence-electron chi connectivity index (χ0n) is 13.1. The van der Waals surface area contributed by atoms with Crippen LogP contribution in [0, 0.1) is 0 Å². The van der Waals surface area contributed by atoms with Crippen molar-refractivity contribution in [3.8, 4) is 0 Å². The Balaban J connectivity index is 1.86. The summed E-state index contributed by atoms with van der Waals surface area (Å²) in [5.74, 6) is 0. The zero-order chi connectivity index (χ0) is 16.4. The van der Waals surface area contributed by atoms with Crippen LogP contribution in [0.1, 0.15) is 16.8 Å². The van der Waals surface area contributed by atoms with E-state index >= 15 is 0 Å². The lowest BCUT2D eigenvalue weighted by atomic mass is 9.82. The molecule has 0 fully saturated rings. The minimum atomic E-state index is -1.10. The summed E-state index contributed by atoms with van der Waals surface area (Å²) in [6.07, 6.45) is 2.26. The molecule has 0 saturated heterocycles. The summed E-state index contributed by atoms with van der Waals surface area (Å²) >= 11 is 1.67. The number of nitrogens with zero attached hydrogens (tertiary/aromatic N) is 1. The molecule has 24 heavy (non-hydrogen) atoms. The van der Waals surface area contributed by atoms with E-state index < -0.39 is 5.60 Å². The minimum Gasteiger partial charge on any atom is -0.380 e. The molecule has 0 aliphatic rings. The van der Waals surface area contributed by atoms with Crippen LogP contribution in [0.3, 0.4) is 0 Å². The van der Waals surface area contributed by atoms with Crippen molar-refractivity contribution in [2.24, 2.45) is 0 Å². The van der Waals surface area contributed by atoms with Gasteiger partial charge in [0.25, 0.3) is 0 Å². The second-order valence-electron chi connectivity index (χ2n) is 5.87. The highest BCUT2D eigenvalue weighted by atomic mass is 32.1. The summed E-state index contributed by atoms with van der Waals surface area (Å²) in [6, 6.07) is 23.8. The van der Waals surface area contributed by atoms with E-state index in [9.17, 15) is 5.11 Å². The van der Waals surface area contributed by atoms with Gasteiger partial charge in [0.15, 0.2) is 0 Å². The molecule has 0 radical (unpaired) electrons. The highest BCUT2D eigenvalue weighted by molar-refractivity contribution is 7.17. The average Bonchev–Trinajstić information content (AvgIpc) is 3.13. The van der Waals surface area contributed by atoms with Gasteiger partial charge in [-0.3, -0.25) is 4.98 Å². The third kappa shape index (κ3) is 2.62. The summed E-state index contributed by atoms with van der Waals surface area (Å²) in [7, 11) is 0. The molecule has 0 amide bonds. The Hall–Kier alpha value is -2.49. The summed E-state index contributed by atoms with van der Waals surface area (Å²) in [5.41, 5.74) is 1.59. The highest BCUT2D eigenvalue weighted by Crippen LogP contribution is 2.35. The molecule has 0 aliphatic carbocycles. The molecule has 0 saturated carbocycles. The van der Waals surface area contributed by atoms with E-state index in [-0.39, 0.29) is 0 Å². The Morgan fingerprint density at radius 2 is 1.46 bits per heavy atom. The van der Waals surface area contributed by atoms with Gasteiger partial charge in [-0.2, -0.15) is 0 Å². The van der Waals surface area contributed by atoms with Crippen molar-refractivity contribution >= 4 is 21.4 Å². The quantitative estimate of drug-likeness (QED) is 0.584. The Morgan fingerprint density at radius 1 is 0.833 bits per heavy atom. The van der Waals surface area contributed by atoms with Crippen LogP contribution in [0.5, 0.6) is 0 Å². The smallest absolute Gasteiger partial charge is 0.120 e. The van der Waals surface area contributed by atoms with Crippen molar-refractivity contribution in [1.29, 1.82) is 0 Å². The van der Waals surface area contributed by atoms with Gasteiger partial charge in [-0.25, -0.2) is 0 Å². The standard InChI is InChI=1S/C21H17NOS/c23-21(17-7-3-1-4-8-17,18-9-5-2-6-10-18)15-19-20-16(11-13-22-19)12-14-24-20/h1-14,23H,15H2. The van der Waals surface area contributed by atoms with E-state index in [4.69, 9.17) is 0 Å². The molecular formula is C21H17NOS. The number of thiophene rings is 1. The first-order chi connectivity index (χ1) is 11.8. The van der Waals surface area contributed by atoms with Crippen molar-refractivity contribution in [1.82, 2.24) is 4.98 Å². The predicted octanol–water partition coefficient (Wildman–Crippen LogP) is 4.77. The van der Waals surface area contributed by atoms with Crippen LogP contribution in [0.2, 0.25) is 0 Å². The maximum Gasteiger partial charge on any atom is 0.120 e. The minimum absolute atomic E-state index is 0.443. The van der Waals surface area contributed by atoms with Gasteiger partial charge in [-0.15, -0.1) is 11.3 Å². The van der Waals surface area contributed by atoms with E-state index in [2.05, 4.69) is 16.4 Å². The van der Waals surface area contributed by atoms with Crippen LogP contribution in [0.15, 0.2) is 84.4 Å². The molecule has 3 heteroatoms. The summed E-state index contributed by atoms with van der Waals surface area (Å²) in [6.45, 7) is 0. The number of aromatic nitrogens is 1. The molecule has 0 unspecified atom stereocenters. The molecule has 0 atom stereocenters. The van der Waals surface area contributed by atoms with E-state index in [1.54, 1.807) is 11.3 Å². The Morgan fingerprint density at radius 3 is 2.08 bits per heavy atom. The van der Waals surface area contributed by atoms with Gasteiger partial charge < -0.3 is 5.11 Å². The van der Waals surface area contributed by atoms with Crippen molar-refractivity contribution in [3.63, 3.8) is 0 Å². The Labute approximate surface area is 145 Å². The fraction of sp³-hybridized carbons (Fsp3) is 0.0952. The normalized spacial score (nSPS) is 11.7. The van der Waals surface area contributed by atoms with Gasteiger partial charge in [0.1, 0.15) is 5.60 Å². The molecule has 2 aromatic carbocycles. The van der Waals surface area contributed by atoms with Gasteiger partial charge >= 0.3 is 0 Å². The molecule has 118 valence electrons. The number of benzene rings is 2. The molecule has 4 rings (SSSR count). The summed E-state index contributed by atoms with van der Waals surface area (Å²) in [5, 5.41) is 14.9. The molecule has 2 aromatic heterocycles. The fourth-order valence-corrected chi connectivity index (χ4v) is 4.00. The number of pyridine rings is 1. The molecule has 4 aromatic rings. The fourth-order valence-electron chi connectivity index (χ4n) is 3.12. The van der Waals surface area contributed by atoms with Crippen molar-refractivity contribution in [2.75, 3.05) is 0 Å². The van der Waals surface area contributed by atoms with Crippen LogP contribution in [0.25, 0.3) is 10.1 Å². The molecule has 0 spiro atoms. The molecule has 2 heterocycles. The van der Waals surface area contributed by atoms with E-state index in [1.807, 2.05) is 72.9 Å². The predicted molar refractivity (Wildman–Crippen MR) is 99.2 cm³/mol. The lowest BCUT2D eigenvalue weighted by Crippen LogP contribution is -2.30. The largest absolute Gasteiger partial charge is 0.380 e. The number of hydrogen-bond acceptors (Lipinski definition) is 3. The van der Waals surface area contributed by atoms with Crippen molar-refractivity contribution < 1.29 is 5.11 Å². The van der Waals surface area contributed by atoms with Gasteiger partial charge in [0.2, 0.25) is 0 Å². The van der Waals surface area contributed by atoms with Gasteiger partial charge in [-0.05, 0) is 34.0 Å². The third-order valence-corrected chi connectivity index (χ3v) is 5.35. The highest BCUT2D eigenvalue weighted by Gasteiger charge is 2.32. The topological polar surface area (TPSA) is 33.1 Å². The first kappa shape index (κ1) is 15.1. The average molecular weight is 331 g/mol. The van der Waals surface area contributed by atoms with Crippen LogP contribution in [0.4, 0.5) is 0 Å². The molecule has 0 aliphatic heterocycles. The molecule has 1 N–H and O–H groups in total. The summed E-state index contributed by atoms with van der Waals surface area (Å²) < 4.78 is 1.14. The molecular weight excluding hydrogens is 314 g/mol. The van der Waals surface area contributed by atoms with Crippen molar-refractivity contribution in [3.05, 3.63) is 101 Å². The first-order valence-corrected chi connectivity index (χ1v) is 8.80. The summed E-state index contributed by atoms with van der Waals surface area (Å²) in [4.78, 5) is 4.57. The van der Waals surface area contributed by atoms with Gasteiger partial charge in [-0.1, -0.05) is 60.7 Å². The number of rotatable bonds is 4. The van der Waals surface area contributed by atoms with Crippen molar-refractivity contribution in [2.45, 2.75) is 12.0 Å². The van der Waals surface area contributed by atoms with Crippen LogP contribution in [-0.2, 0) is 12.0 Å². The number of fused-ring (bicyclic) bond motifs is 1. The van der Waals surface area contributed by atoms with Crippen LogP contribution < -0.4 is 0 Å². The first-order valence-electron chi connectivity index (χ1n) is 7.92. The SMILES string of the molecule is OC(Cc1nccc2ccsc12)(c1ccccc1)c1ccccc1. The van der Waals surface area contributed by atoms with E-state index in [1.165, 1.54) is 5.39 Å². The Kier molecular flexibility index (Phi) is 3.89. The van der Waals surface area contributed by atoms with E-state index in [0.29, 0.717) is 6.42 Å². The van der Waals surface area contributed by atoms with E-state index in [0.717, 1.165) is 21.5 Å². The van der Waals surface area contributed by atoms with Crippen LogP contribution >= 0.6 is 11.3 Å². The molecule has 0 bridgehead atoms. The number of aliphatic hydroxyl groups is 1. The maximum atomic E-state index is 11.7. The number of hydrogen-bond donors (Lipinski definition) is 1. The monoisotopic (exact) mass is 331 g/mol. The third-order valence-electron chi connectivity index (χ3n) is 4.37. The Bertz CT molecular complexity index is 908. The van der Waals surface area contributed by atoms with Gasteiger partial charge in [0, 0.05) is 12.6 Å². The zero-order valence-corrected chi connectivity index (χ0v) is 13.9. The van der Waals surface area contributed by atoms with Crippen LogP contribution in [-0.4, -0.2) is 10.1 Å². The lowest BCUT2D eigenvalue weighted by Gasteiger charge is -2.29. The molecule has 2 nitrogen and oxygen atoms in total. The lowest BCUT2D eigenvalue weighted by molar-refractivity contribution is 0.0805.